The minimum atomic E-state index is -0.212. The van der Waals surface area contributed by atoms with Crippen LogP contribution in [-0.2, 0) is 11.2 Å². The minimum Gasteiger partial charge on any atom is -0.490 e. The molecule has 0 radical (unpaired) electrons. The average Bonchev–Trinajstić information content (AvgIpc) is 3.19. The largest absolute Gasteiger partial charge is 0.490 e. The Morgan fingerprint density at radius 1 is 1.44 bits per heavy atom. The lowest BCUT2D eigenvalue weighted by Gasteiger charge is -2.02. The van der Waals surface area contributed by atoms with Crippen LogP contribution in [0.1, 0.15) is 30.3 Å². The Morgan fingerprint density at radius 3 is 3.00 bits per heavy atom. The molecule has 25 heavy (non-hydrogen) atoms. The fourth-order valence-corrected chi connectivity index (χ4v) is 2.99. The van der Waals surface area contributed by atoms with E-state index in [1.54, 1.807) is 6.92 Å². The summed E-state index contributed by atoms with van der Waals surface area (Å²) in [7, 11) is 0. The van der Waals surface area contributed by atoms with Gasteiger partial charge in [0.15, 0.2) is 17.1 Å². The number of ether oxygens (including phenoxy) is 1. The Hall–Kier alpha value is -2.67. The first-order chi connectivity index (χ1) is 12.1. The van der Waals surface area contributed by atoms with E-state index in [0.717, 1.165) is 16.1 Å². The maximum Gasteiger partial charge on any atom is 0.246 e. The van der Waals surface area contributed by atoms with Crippen LogP contribution in [0.2, 0.25) is 0 Å². The highest BCUT2D eigenvalue weighted by molar-refractivity contribution is 7.09. The smallest absolute Gasteiger partial charge is 0.246 e. The molecule has 0 bridgehead atoms. The van der Waals surface area contributed by atoms with Gasteiger partial charge in [0.2, 0.25) is 5.91 Å². The van der Waals surface area contributed by atoms with E-state index in [9.17, 15) is 4.79 Å². The first-order valence-corrected chi connectivity index (χ1v) is 8.84. The van der Waals surface area contributed by atoms with Gasteiger partial charge in [-0.1, -0.05) is 12.1 Å². The maximum atomic E-state index is 12.0. The van der Waals surface area contributed by atoms with Crippen molar-refractivity contribution >= 4 is 33.9 Å². The van der Waals surface area contributed by atoms with Crippen molar-refractivity contribution in [1.29, 1.82) is 0 Å². The molecule has 0 unspecified atom stereocenters. The highest BCUT2D eigenvalue weighted by Crippen LogP contribution is 2.29. The molecule has 3 aromatic rings. The number of para-hydroxylation sites is 1. The van der Waals surface area contributed by atoms with Crippen molar-refractivity contribution in [3.05, 3.63) is 46.1 Å². The van der Waals surface area contributed by atoms with Crippen molar-refractivity contribution < 1.29 is 13.9 Å². The number of hydrazone groups is 1. The van der Waals surface area contributed by atoms with Gasteiger partial charge in [-0.25, -0.2) is 10.4 Å². The molecule has 1 aromatic carbocycles. The Balaban J connectivity index is 1.72. The number of fused-ring (bicyclic) bond motifs is 1. The van der Waals surface area contributed by atoms with Crippen molar-refractivity contribution in [2.75, 3.05) is 6.61 Å². The number of hydrogen-bond donors (Lipinski definition) is 1. The zero-order valence-electron chi connectivity index (χ0n) is 14.3. The van der Waals surface area contributed by atoms with Crippen molar-refractivity contribution in [3.8, 4) is 5.75 Å². The fourth-order valence-electron chi connectivity index (χ4n) is 2.38. The number of nitrogens with zero attached hydrogens (tertiary/aromatic N) is 2. The molecule has 0 aliphatic carbocycles. The molecule has 130 valence electrons. The van der Waals surface area contributed by atoms with Crippen LogP contribution in [0.4, 0.5) is 0 Å². The van der Waals surface area contributed by atoms with Crippen molar-refractivity contribution in [2.45, 2.75) is 27.2 Å². The Bertz CT molecular complexity index is 927. The van der Waals surface area contributed by atoms with Crippen molar-refractivity contribution in [2.24, 2.45) is 5.10 Å². The molecule has 1 N–H and O–H groups in total. The minimum absolute atomic E-state index is 0.204. The number of benzene rings is 1. The van der Waals surface area contributed by atoms with Crippen LogP contribution in [0.15, 0.2) is 39.2 Å². The molecule has 2 heterocycles. The molecule has 0 aliphatic rings. The van der Waals surface area contributed by atoms with Gasteiger partial charge >= 0.3 is 0 Å². The van der Waals surface area contributed by atoms with Gasteiger partial charge in [0.1, 0.15) is 5.71 Å². The molecule has 3 rings (SSSR count). The number of carbonyl (C=O) groups is 1. The van der Waals surface area contributed by atoms with Crippen LogP contribution >= 0.6 is 11.3 Å². The molecule has 0 fully saturated rings. The van der Waals surface area contributed by atoms with E-state index in [-0.39, 0.29) is 12.3 Å². The second-order valence-corrected chi connectivity index (χ2v) is 6.55. The molecular formula is C18H19N3O3S. The molecule has 0 saturated carbocycles. The topological polar surface area (TPSA) is 76.7 Å². The summed E-state index contributed by atoms with van der Waals surface area (Å²) in [6.45, 7) is 6.18. The zero-order chi connectivity index (χ0) is 17.8. The van der Waals surface area contributed by atoms with Crippen LogP contribution in [0.25, 0.3) is 11.0 Å². The van der Waals surface area contributed by atoms with Crippen LogP contribution in [0.3, 0.4) is 0 Å². The monoisotopic (exact) mass is 357 g/mol. The molecule has 2 aromatic heterocycles. The van der Waals surface area contributed by atoms with E-state index in [1.165, 1.54) is 11.3 Å². The number of amides is 1. The molecule has 0 saturated heterocycles. The number of rotatable bonds is 6. The van der Waals surface area contributed by atoms with Crippen LogP contribution in [0, 0.1) is 6.92 Å². The molecule has 7 heteroatoms. The van der Waals surface area contributed by atoms with Gasteiger partial charge < -0.3 is 9.15 Å². The Labute approximate surface area is 149 Å². The standard InChI is InChI=1S/C18H19N3O3S/c1-4-23-15-7-5-6-13-8-16(24-18(13)15)11(2)20-21-17(22)9-14-10-25-12(3)19-14/h5-8,10H,4,9H2,1-3H3,(H,21,22)/b20-11-. The number of aryl methyl sites for hydroxylation is 1. The molecule has 1 amide bonds. The summed E-state index contributed by atoms with van der Waals surface area (Å²) in [5.41, 5.74) is 4.56. The first kappa shape index (κ1) is 17.2. The first-order valence-electron chi connectivity index (χ1n) is 7.96. The summed E-state index contributed by atoms with van der Waals surface area (Å²) in [6.07, 6.45) is 0.204. The second kappa shape index (κ2) is 7.48. The van der Waals surface area contributed by atoms with Gasteiger partial charge in [0, 0.05) is 10.8 Å². The predicted molar refractivity (Wildman–Crippen MR) is 98.3 cm³/mol. The lowest BCUT2D eigenvalue weighted by molar-refractivity contribution is -0.120. The summed E-state index contributed by atoms with van der Waals surface area (Å²) in [6, 6.07) is 7.61. The lowest BCUT2D eigenvalue weighted by atomic mass is 10.2. The van der Waals surface area contributed by atoms with Gasteiger partial charge in [0.25, 0.3) is 0 Å². The van der Waals surface area contributed by atoms with Crippen molar-refractivity contribution in [1.82, 2.24) is 10.4 Å². The third kappa shape index (κ3) is 4.06. The molecule has 0 aliphatic heterocycles. The van der Waals surface area contributed by atoms with Gasteiger partial charge in [-0.3, -0.25) is 4.79 Å². The summed E-state index contributed by atoms with van der Waals surface area (Å²) in [5, 5.41) is 7.87. The molecule has 0 atom stereocenters. The Kier molecular flexibility index (Phi) is 5.14. The van der Waals surface area contributed by atoms with Gasteiger partial charge in [-0.2, -0.15) is 5.10 Å². The second-order valence-electron chi connectivity index (χ2n) is 5.48. The number of furan rings is 1. The number of hydrogen-bond acceptors (Lipinski definition) is 6. The highest BCUT2D eigenvalue weighted by Gasteiger charge is 2.12. The van der Waals surface area contributed by atoms with E-state index in [4.69, 9.17) is 9.15 Å². The van der Waals surface area contributed by atoms with Gasteiger partial charge in [0.05, 0.1) is 23.7 Å². The fraction of sp³-hybridized carbons (Fsp3) is 0.278. The number of nitrogens with one attached hydrogen (secondary N) is 1. The summed E-state index contributed by atoms with van der Waals surface area (Å²) < 4.78 is 11.4. The number of aromatic nitrogens is 1. The van der Waals surface area contributed by atoms with E-state index in [0.29, 0.717) is 29.4 Å². The summed E-state index contributed by atoms with van der Waals surface area (Å²) in [4.78, 5) is 16.2. The molecule has 0 spiro atoms. The zero-order valence-corrected chi connectivity index (χ0v) is 15.1. The van der Waals surface area contributed by atoms with E-state index < -0.39 is 0 Å². The van der Waals surface area contributed by atoms with Crippen LogP contribution in [0.5, 0.6) is 5.75 Å². The third-order valence-electron chi connectivity index (χ3n) is 3.52. The van der Waals surface area contributed by atoms with E-state index in [1.807, 2.05) is 43.5 Å². The third-order valence-corrected chi connectivity index (χ3v) is 4.34. The SMILES string of the molecule is CCOc1cccc2cc(/C(C)=N\NC(=O)Cc3csc(C)n3)oc12. The van der Waals surface area contributed by atoms with E-state index >= 15 is 0 Å². The van der Waals surface area contributed by atoms with Gasteiger partial charge in [-0.05, 0) is 32.9 Å². The predicted octanol–water partition coefficient (Wildman–Crippen LogP) is 3.68. The van der Waals surface area contributed by atoms with E-state index in [2.05, 4.69) is 15.5 Å². The Morgan fingerprint density at radius 2 is 2.28 bits per heavy atom. The highest BCUT2D eigenvalue weighted by atomic mass is 32.1. The quantitative estimate of drug-likeness (QED) is 0.539. The van der Waals surface area contributed by atoms with Crippen molar-refractivity contribution in [3.63, 3.8) is 0 Å². The van der Waals surface area contributed by atoms with Gasteiger partial charge in [-0.15, -0.1) is 11.3 Å². The summed E-state index contributed by atoms with van der Waals surface area (Å²) >= 11 is 1.52. The normalized spacial score (nSPS) is 11.7. The average molecular weight is 357 g/mol. The summed E-state index contributed by atoms with van der Waals surface area (Å²) in [5.74, 6) is 1.07. The van der Waals surface area contributed by atoms with Crippen LogP contribution < -0.4 is 10.2 Å². The van der Waals surface area contributed by atoms with Crippen LogP contribution in [-0.4, -0.2) is 23.2 Å². The molecular weight excluding hydrogens is 338 g/mol. The number of carbonyl (C=O) groups excluding carboxylic acids is 1. The number of thiazole rings is 1. The lowest BCUT2D eigenvalue weighted by Crippen LogP contribution is -2.21. The molecule has 6 nitrogen and oxygen atoms in total. The maximum absolute atomic E-state index is 12.0.